The van der Waals surface area contributed by atoms with E-state index in [1.54, 1.807) is 48.4 Å². The van der Waals surface area contributed by atoms with Crippen molar-refractivity contribution in [2.45, 2.75) is 66.0 Å². The van der Waals surface area contributed by atoms with Crippen LogP contribution in [0.4, 0.5) is 21.0 Å². The molecular weight excluding hydrogens is 857 g/mol. The summed E-state index contributed by atoms with van der Waals surface area (Å²) in [7, 11) is -0.601. The van der Waals surface area contributed by atoms with Crippen molar-refractivity contribution in [3.63, 3.8) is 0 Å². The fraction of sp³-hybridized carbons (Fsp3) is 0.208. The minimum absolute atomic E-state index is 0.601. The van der Waals surface area contributed by atoms with Gasteiger partial charge < -0.3 is 24.0 Å². The minimum atomic E-state index is -1.06. The zero-order valence-electron chi connectivity index (χ0n) is 34.0. The Morgan fingerprint density at radius 3 is 1.22 bits per heavy atom. The maximum Gasteiger partial charge on any atom is 0.519 e. The smallest absolute Gasteiger partial charge is 0.432 e. The zero-order valence-corrected chi connectivity index (χ0v) is 37.2. The Morgan fingerprint density at radius 1 is 0.517 bits per heavy atom. The lowest BCUT2D eigenvalue weighted by molar-refractivity contribution is -0.0293. The predicted molar refractivity (Wildman–Crippen MR) is 244 cm³/mol. The van der Waals surface area contributed by atoms with Crippen LogP contribution in [0.5, 0.6) is 0 Å². The molecular formula is C48H50BBr2NO6. The number of halogens is 2. The van der Waals surface area contributed by atoms with E-state index in [9.17, 15) is 14.6 Å². The summed E-state index contributed by atoms with van der Waals surface area (Å²) < 4.78 is 16.0. The molecule has 6 rings (SSSR count). The van der Waals surface area contributed by atoms with Crippen molar-refractivity contribution in [1.29, 1.82) is 0 Å². The van der Waals surface area contributed by atoms with Gasteiger partial charge in [-0.1, -0.05) is 141 Å². The first kappa shape index (κ1) is 45.5. The number of hydrogen-bond acceptors (Lipinski definition) is 7. The molecule has 58 heavy (non-hydrogen) atoms. The summed E-state index contributed by atoms with van der Waals surface area (Å²) in [6, 6.07) is 54.2. The van der Waals surface area contributed by atoms with Gasteiger partial charge in [-0.05, 0) is 137 Å². The minimum Gasteiger partial charge on any atom is -0.432 e. The Bertz CT molecular complexity index is 2130. The van der Waals surface area contributed by atoms with Gasteiger partial charge in [-0.25, -0.2) is 9.59 Å². The number of ether oxygens (including phenoxy) is 3. The SMILES string of the molecule is Brc1ccc(-c2ccc(Cc3ccccc3)cc2)cc1.CB(O)N(c1ccccc1)c1ccc(-c2ccc(Br)cc2)cc1.CC(C)(C)OC(=O)OC(=O)OC(C)(C)C. The van der Waals surface area contributed by atoms with Crippen LogP contribution in [0.25, 0.3) is 22.3 Å². The van der Waals surface area contributed by atoms with Crippen molar-refractivity contribution >= 4 is 62.6 Å². The van der Waals surface area contributed by atoms with E-state index in [1.165, 1.54) is 27.8 Å². The van der Waals surface area contributed by atoms with Crippen molar-refractivity contribution in [1.82, 2.24) is 0 Å². The lowest BCUT2D eigenvalue weighted by Crippen LogP contribution is -2.32. The van der Waals surface area contributed by atoms with Gasteiger partial charge in [0.25, 0.3) is 0 Å². The van der Waals surface area contributed by atoms with Crippen LogP contribution in [-0.2, 0) is 20.6 Å². The second-order valence-corrected chi connectivity index (χ2v) is 17.1. The van der Waals surface area contributed by atoms with Crippen LogP contribution < -0.4 is 4.81 Å². The van der Waals surface area contributed by atoms with Crippen LogP contribution in [-0.4, -0.2) is 35.6 Å². The molecule has 0 fully saturated rings. The Hall–Kier alpha value is -5.16. The van der Waals surface area contributed by atoms with Gasteiger partial charge in [0.2, 0.25) is 0 Å². The Labute approximate surface area is 360 Å². The first-order chi connectivity index (χ1) is 27.5. The third-order valence-corrected chi connectivity index (χ3v) is 9.12. The molecule has 0 aliphatic carbocycles. The lowest BCUT2D eigenvalue weighted by Gasteiger charge is -2.26. The summed E-state index contributed by atoms with van der Waals surface area (Å²) in [6.07, 6.45) is -1.13. The Morgan fingerprint density at radius 2 is 0.845 bits per heavy atom. The zero-order chi connectivity index (χ0) is 42.3. The molecule has 6 aromatic rings. The molecule has 0 amide bonds. The number of benzene rings is 6. The van der Waals surface area contributed by atoms with Crippen molar-refractivity contribution in [2.24, 2.45) is 0 Å². The fourth-order valence-electron chi connectivity index (χ4n) is 5.52. The Kier molecular flexibility index (Phi) is 16.9. The van der Waals surface area contributed by atoms with Gasteiger partial charge in [0.1, 0.15) is 11.2 Å². The highest BCUT2D eigenvalue weighted by molar-refractivity contribution is 9.10. The molecule has 300 valence electrons. The third-order valence-electron chi connectivity index (χ3n) is 8.06. The van der Waals surface area contributed by atoms with E-state index < -0.39 is 30.6 Å². The number of hydrogen-bond donors (Lipinski definition) is 1. The molecule has 0 radical (unpaired) electrons. The van der Waals surface area contributed by atoms with Crippen molar-refractivity contribution < 1.29 is 28.8 Å². The van der Waals surface area contributed by atoms with Crippen molar-refractivity contribution in [3.8, 4) is 22.3 Å². The molecule has 0 aliphatic heterocycles. The van der Waals surface area contributed by atoms with E-state index >= 15 is 0 Å². The molecule has 0 saturated heterocycles. The highest BCUT2D eigenvalue weighted by Crippen LogP contribution is 2.29. The first-order valence-electron chi connectivity index (χ1n) is 18.9. The average molecular weight is 908 g/mol. The van der Waals surface area contributed by atoms with Crippen LogP contribution in [0.2, 0.25) is 6.82 Å². The molecule has 0 aromatic heterocycles. The largest absolute Gasteiger partial charge is 0.519 e. The summed E-state index contributed by atoms with van der Waals surface area (Å²) in [5.41, 5.74) is 8.07. The van der Waals surface area contributed by atoms with Gasteiger partial charge in [-0.2, -0.15) is 0 Å². The molecule has 6 aromatic carbocycles. The fourth-order valence-corrected chi connectivity index (χ4v) is 6.05. The normalized spacial score (nSPS) is 10.8. The summed E-state index contributed by atoms with van der Waals surface area (Å²) in [6.45, 7) is 11.8. The van der Waals surface area contributed by atoms with Gasteiger partial charge in [-0.15, -0.1) is 0 Å². The van der Waals surface area contributed by atoms with Crippen LogP contribution >= 0.6 is 31.9 Å². The number of para-hydroxylation sites is 1. The molecule has 0 spiro atoms. The number of anilines is 2. The quantitative estimate of drug-likeness (QED) is 0.0970. The third kappa shape index (κ3) is 16.0. The predicted octanol–water partition coefficient (Wildman–Crippen LogP) is 13.9. The van der Waals surface area contributed by atoms with Crippen molar-refractivity contribution in [3.05, 3.63) is 178 Å². The molecule has 0 unspecified atom stereocenters. The van der Waals surface area contributed by atoms with E-state index in [0.29, 0.717) is 0 Å². The van der Waals surface area contributed by atoms with Crippen LogP contribution in [0, 0.1) is 0 Å². The monoisotopic (exact) mass is 905 g/mol. The van der Waals surface area contributed by atoms with E-state index in [4.69, 9.17) is 9.47 Å². The molecule has 0 aliphatic rings. The summed E-state index contributed by atoms with van der Waals surface area (Å²) in [5, 5.41) is 10.2. The second-order valence-electron chi connectivity index (χ2n) is 15.3. The van der Waals surface area contributed by atoms with Crippen LogP contribution in [0.1, 0.15) is 52.7 Å². The molecule has 0 saturated carbocycles. The molecule has 0 heterocycles. The molecule has 10 heteroatoms. The molecule has 1 N–H and O–H groups in total. The first-order valence-corrected chi connectivity index (χ1v) is 20.5. The van der Waals surface area contributed by atoms with Gasteiger partial charge >= 0.3 is 19.4 Å². The summed E-state index contributed by atoms with van der Waals surface area (Å²) in [4.78, 5) is 23.9. The van der Waals surface area contributed by atoms with Gasteiger partial charge in [-0.3, -0.25) is 0 Å². The van der Waals surface area contributed by atoms with Crippen LogP contribution in [0.15, 0.2) is 167 Å². The highest BCUT2D eigenvalue weighted by Gasteiger charge is 2.24. The van der Waals surface area contributed by atoms with Crippen molar-refractivity contribution in [2.75, 3.05) is 4.81 Å². The maximum absolute atomic E-state index is 11.0. The van der Waals surface area contributed by atoms with Gasteiger partial charge in [0, 0.05) is 20.3 Å². The number of carbonyl (C=O) groups is 2. The molecule has 0 atom stereocenters. The standard InChI is InChI=1S/C19H17BBrNO.C19H15Br.C10H18O5/c1-20(23)22(18-5-3-2-4-6-18)19-13-9-16(10-14-19)15-7-11-17(21)12-8-15;20-19-12-10-18(11-13-19)17-8-6-16(7-9-17)14-15-4-2-1-3-5-15;1-9(2,3)14-7(11)13-8(12)15-10(4,5)6/h2-14,23H,1H3;1-13H,14H2;1-6H3. The van der Waals surface area contributed by atoms with Gasteiger partial charge in [0.15, 0.2) is 0 Å². The van der Waals surface area contributed by atoms with E-state index in [-0.39, 0.29) is 0 Å². The van der Waals surface area contributed by atoms with E-state index in [2.05, 4.69) is 140 Å². The average Bonchev–Trinajstić information content (AvgIpc) is 3.16. The number of nitrogens with zero attached hydrogens (tertiary/aromatic N) is 1. The Balaban J connectivity index is 0.000000197. The topological polar surface area (TPSA) is 85.3 Å². The summed E-state index contributed by atoms with van der Waals surface area (Å²) in [5.74, 6) is 0. The van der Waals surface area contributed by atoms with Gasteiger partial charge in [0.05, 0.1) is 0 Å². The number of rotatable bonds is 7. The van der Waals surface area contributed by atoms with E-state index in [0.717, 1.165) is 32.3 Å². The summed E-state index contributed by atoms with van der Waals surface area (Å²) >= 11 is 6.92. The molecule has 7 nitrogen and oxygen atoms in total. The van der Waals surface area contributed by atoms with Crippen LogP contribution in [0.3, 0.4) is 0 Å². The molecule has 0 bridgehead atoms. The second kappa shape index (κ2) is 21.6. The number of carbonyl (C=O) groups excluding carboxylic acids is 2. The lowest BCUT2D eigenvalue weighted by atomic mass is 9.83. The highest BCUT2D eigenvalue weighted by atomic mass is 79.9. The maximum atomic E-state index is 11.0. The van der Waals surface area contributed by atoms with E-state index in [1.807, 2.05) is 59.4 Å².